The summed E-state index contributed by atoms with van der Waals surface area (Å²) in [7, 11) is 1.57. The lowest BCUT2D eigenvalue weighted by Gasteiger charge is -2.23. The molecule has 0 saturated heterocycles. The molecule has 0 radical (unpaired) electrons. The Morgan fingerprint density at radius 1 is 1.35 bits per heavy atom. The SMILES string of the molecule is COc1cc(Cl)cc(CNC(C)(C)C)c1OCC(C)O. The first-order chi connectivity index (χ1) is 9.23. The second-order valence-corrected chi connectivity index (χ2v) is 6.30. The normalized spacial score (nSPS) is 13.2. The minimum absolute atomic E-state index is 0.0168. The molecular formula is C15H24ClNO3. The van der Waals surface area contributed by atoms with E-state index in [1.54, 1.807) is 20.1 Å². The van der Waals surface area contributed by atoms with Crippen molar-refractivity contribution in [2.45, 2.75) is 45.9 Å². The van der Waals surface area contributed by atoms with Gasteiger partial charge >= 0.3 is 0 Å². The van der Waals surface area contributed by atoms with Crippen molar-refractivity contribution >= 4 is 11.6 Å². The van der Waals surface area contributed by atoms with E-state index in [-0.39, 0.29) is 12.1 Å². The summed E-state index contributed by atoms with van der Waals surface area (Å²) in [5, 5.41) is 13.4. The molecule has 0 bridgehead atoms. The first-order valence-electron chi connectivity index (χ1n) is 6.65. The molecule has 2 N–H and O–H groups in total. The number of methoxy groups -OCH3 is 1. The van der Waals surface area contributed by atoms with Gasteiger partial charge in [0.15, 0.2) is 11.5 Å². The van der Waals surface area contributed by atoms with E-state index >= 15 is 0 Å². The van der Waals surface area contributed by atoms with E-state index in [9.17, 15) is 5.11 Å². The number of rotatable bonds is 6. The van der Waals surface area contributed by atoms with Gasteiger partial charge in [-0.3, -0.25) is 0 Å². The molecule has 0 aliphatic carbocycles. The maximum absolute atomic E-state index is 9.37. The highest BCUT2D eigenvalue weighted by Gasteiger charge is 2.16. The Morgan fingerprint density at radius 3 is 2.50 bits per heavy atom. The van der Waals surface area contributed by atoms with Crippen LogP contribution in [-0.4, -0.2) is 30.5 Å². The van der Waals surface area contributed by atoms with Gasteiger partial charge in [-0.2, -0.15) is 0 Å². The Balaban J connectivity index is 3.02. The third-order valence-corrected chi connectivity index (χ3v) is 2.81. The number of benzene rings is 1. The molecule has 5 heteroatoms. The molecule has 114 valence electrons. The highest BCUT2D eigenvalue weighted by atomic mass is 35.5. The molecule has 1 aromatic carbocycles. The predicted molar refractivity (Wildman–Crippen MR) is 81.8 cm³/mol. The summed E-state index contributed by atoms with van der Waals surface area (Å²) in [5.74, 6) is 1.19. The van der Waals surface area contributed by atoms with Crippen LogP contribution in [0.4, 0.5) is 0 Å². The van der Waals surface area contributed by atoms with Crippen LogP contribution in [0.5, 0.6) is 11.5 Å². The molecule has 4 nitrogen and oxygen atoms in total. The molecule has 1 atom stereocenters. The minimum atomic E-state index is -0.543. The van der Waals surface area contributed by atoms with Crippen molar-refractivity contribution < 1.29 is 14.6 Å². The highest BCUT2D eigenvalue weighted by molar-refractivity contribution is 6.30. The van der Waals surface area contributed by atoms with Gasteiger partial charge in [0.25, 0.3) is 0 Å². The first kappa shape index (κ1) is 17.1. The van der Waals surface area contributed by atoms with Gasteiger partial charge in [-0.15, -0.1) is 0 Å². The van der Waals surface area contributed by atoms with E-state index in [1.165, 1.54) is 0 Å². The summed E-state index contributed by atoms with van der Waals surface area (Å²) in [6.45, 7) is 8.76. The van der Waals surface area contributed by atoms with E-state index in [0.29, 0.717) is 23.1 Å². The fraction of sp³-hybridized carbons (Fsp3) is 0.600. The zero-order chi connectivity index (χ0) is 15.3. The standard InChI is InChI=1S/C15H24ClNO3/c1-10(18)9-20-14-11(8-17-15(2,3)4)6-12(16)7-13(14)19-5/h6-7,10,17-18H,8-9H2,1-5H3. The van der Waals surface area contributed by atoms with Crippen molar-refractivity contribution in [2.24, 2.45) is 0 Å². The number of hydrogen-bond donors (Lipinski definition) is 2. The van der Waals surface area contributed by atoms with E-state index in [0.717, 1.165) is 5.56 Å². The van der Waals surface area contributed by atoms with Gasteiger partial charge < -0.3 is 19.9 Å². The molecule has 0 aromatic heterocycles. The monoisotopic (exact) mass is 301 g/mol. The predicted octanol–water partition coefficient (Wildman–Crippen LogP) is 3.00. The van der Waals surface area contributed by atoms with Gasteiger partial charge in [0.2, 0.25) is 0 Å². The smallest absolute Gasteiger partial charge is 0.165 e. The third kappa shape index (κ3) is 5.57. The van der Waals surface area contributed by atoms with Crippen LogP contribution in [0.2, 0.25) is 5.02 Å². The van der Waals surface area contributed by atoms with Gasteiger partial charge in [-0.05, 0) is 33.8 Å². The zero-order valence-electron chi connectivity index (χ0n) is 12.8. The molecule has 0 amide bonds. The van der Waals surface area contributed by atoms with Crippen molar-refractivity contribution in [1.82, 2.24) is 5.32 Å². The number of nitrogens with one attached hydrogen (secondary N) is 1. The van der Waals surface area contributed by atoms with Gasteiger partial charge in [0, 0.05) is 28.7 Å². The minimum Gasteiger partial charge on any atom is -0.493 e. The lowest BCUT2D eigenvalue weighted by Crippen LogP contribution is -2.35. The summed E-state index contributed by atoms with van der Waals surface area (Å²) in [5.41, 5.74) is 0.891. The van der Waals surface area contributed by atoms with Gasteiger partial charge in [0.05, 0.1) is 13.2 Å². The van der Waals surface area contributed by atoms with Crippen LogP contribution >= 0.6 is 11.6 Å². The Morgan fingerprint density at radius 2 is 2.00 bits per heavy atom. The number of hydrogen-bond acceptors (Lipinski definition) is 4. The molecular weight excluding hydrogens is 278 g/mol. The fourth-order valence-corrected chi connectivity index (χ4v) is 1.86. The molecule has 0 heterocycles. The molecule has 1 unspecified atom stereocenters. The quantitative estimate of drug-likeness (QED) is 0.848. The van der Waals surface area contributed by atoms with E-state index < -0.39 is 6.10 Å². The molecule has 0 aliphatic heterocycles. The van der Waals surface area contributed by atoms with Gasteiger partial charge in [-0.25, -0.2) is 0 Å². The molecule has 0 saturated carbocycles. The average molecular weight is 302 g/mol. The summed E-state index contributed by atoms with van der Waals surface area (Å²) in [4.78, 5) is 0. The largest absolute Gasteiger partial charge is 0.493 e. The number of ether oxygens (including phenoxy) is 2. The number of aliphatic hydroxyl groups excluding tert-OH is 1. The third-order valence-electron chi connectivity index (χ3n) is 2.59. The van der Waals surface area contributed by atoms with Crippen LogP contribution in [0, 0.1) is 0 Å². The summed E-state index contributed by atoms with van der Waals surface area (Å²) >= 11 is 6.10. The fourth-order valence-electron chi connectivity index (χ4n) is 1.63. The average Bonchev–Trinajstić information content (AvgIpc) is 2.33. The molecule has 0 spiro atoms. The van der Waals surface area contributed by atoms with Crippen LogP contribution in [0.3, 0.4) is 0 Å². The lowest BCUT2D eigenvalue weighted by atomic mass is 10.1. The second-order valence-electron chi connectivity index (χ2n) is 5.86. The Hall–Kier alpha value is -0.970. The second kappa shape index (κ2) is 7.16. The molecule has 20 heavy (non-hydrogen) atoms. The number of halogens is 1. The highest BCUT2D eigenvalue weighted by Crippen LogP contribution is 2.35. The maximum atomic E-state index is 9.37. The maximum Gasteiger partial charge on any atom is 0.165 e. The molecule has 1 rings (SSSR count). The van der Waals surface area contributed by atoms with E-state index in [2.05, 4.69) is 26.1 Å². The molecule has 1 aromatic rings. The van der Waals surface area contributed by atoms with Crippen molar-refractivity contribution in [3.63, 3.8) is 0 Å². The van der Waals surface area contributed by atoms with Crippen LogP contribution in [-0.2, 0) is 6.54 Å². The number of aliphatic hydroxyl groups is 1. The van der Waals surface area contributed by atoms with Gasteiger partial charge in [0.1, 0.15) is 6.61 Å². The lowest BCUT2D eigenvalue weighted by molar-refractivity contribution is 0.120. The van der Waals surface area contributed by atoms with Crippen molar-refractivity contribution in [2.75, 3.05) is 13.7 Å². The van der Waals surface area contributed by atoms with Crippen molar-refractivity contribution in [1.29, 1.82) is 0 Å². The van der Waals surface area contributed by atoms with Crippen molar-refractivity contribution in [3.8, 4) is 11.5 Å². The van der Waals surface area contributed by atoms with Gasteiger partial charge in [-0.1, -0.05) is 11.6 Å². The first-order valence-corrected chi connectivity index (χ1v) is 7.03. The van der Waals surface area contributed by atoms with E-state index in [1.807, 2.05) is 6.07 Å². The zero-order valence-corrected chi connectivity index (χ0v) is 13.5. The van der Waals surface area contributed by atoms with Crippen LogP contribution in [0.15, 0.2) is 12.1 Å². The molecule has 0 fully saturated rings. The Bertz CT molecular complexity index is 441. The van der Waals surface area contributed by atoms with Crippen LogP contribution in [0.25, 0.3) is 0 Å². The topological polar surface area (TPSA) is 50.7 Å². The Kier molecular flexibility index (Phi) is 6.11. The van der Waals surface area contributed by atoms with Crippen LogP contribution in [0.1, 0.15) is 33.3 Å². The summed E-state index contributed by atoms with van der Waals surface area (Å²) < 4.78 is 11.0. The van der Waals surface area contributed by atoms with Crippen molar-refractivity contribution in [3.05, 3.63) is 22.7 Å². The Labute approximate surface area is 126 Å². The van der Waals surface area contributed by atoms with E-state index in [4.69, 9.17) is 21.1 Å². The summed E-state index contributed by atoms with van der Waals surface area (Å²) in [6, 6.07) is 3.56. The summed E-state index contributed by atoms with van der Waals surface area (Å²) in [6.07, 6.45) is -0.543. The molecule has 0 aliphatic rings. The van der Waals surface area contributed by atoms with Crippen LogP contribution < -0.4 is 14.8 Å².